The third-order valence-electron chi connectivity index (χ3n) is 4.49. The maximum absolute atomic E-state index is 12.7. The van der Waals surface area contributed by atoms with Crippen LogP contribution in [0, 0.1) is 0 Å². The van der Waals surface area contributed by atoms with Crippen LogP contribution in [0.4, 0.5) is 0 Å². The lowest BCUT2D eigenvalue weighted by atomic mass is 10.1. The van der Waals surface area contributed by atoms with E-state index in [-0.39, 0.29) is 5.91 Å². The Labute approximate surface area is 123 Å². The van der Waals surface area contributed by atoms with Gasteiger partial charge in [0.15, 0.2) is 0 Å². The summed E-state index contributed by atoms with van der Waals surface area (Å²) in [5.74, 6) is -1.11. The van der Waals surface area contributed by atoms with Crippen LogP contribution in [0.3, 0.4) is 0 Å². The molecule has 114 valence electrons. The van der Waals surface area contributed by atoms with Crippen LogP contribution in [0.15, 0.2) is 12.3 Å². The molecule has 3 rings (SSSR count). The van der Waals surface area contributed by atoms with Crippen LogP contribution in [0.5, 0.6) is 0 Å². The molecule has 2 aliphatic heterocycles. The Hall–Kier alpha value is -1.89. The molecule has 1 amide bonds. The molecule has 0 saturated carbocycles. The first kappa shape index (κ1) is 14.1. The van der Waals surface area contributed by atoms with Gasteiger partial charge >= 0.3 is 5.97 Å². The number of piperazine rings is 1. The molecule has 2 aliphatic rings. The topological polar surface area (TPSA) is 78.7 Å². The van der Waals surface area contributed by atoms with E-state index in [0.29, 0.717) is 18.3 Å². The number of carbonyl (C=O) groups is 2. The van der Waals surface area contributed by atoms with Crippen LogP contribution in [0.1, 0.15) is 36.3 Å². The van der Waals surface area contributed by atoms with Gasteiger partial charge in [0.1, 0.15) is 11.7 Å². The predicted octanol–water partition coefficient (Wildman–Crippen LogP) is 0.449. The van der Waals surface area contributed by atoms with Crippen molar-refractivity contribution >= 4 is 11.9 Å². The molecule has 0 aliphatic carbocycles. The molecular weight excluding hydrogens is 272 g/mol. The van der Waals surface area contributed by atoms with Crippen molar-refractivity contribution in [1.29, 1.82) is 0 Å². The highest BCUT2D eigenvalue weighted by molar-refractivity contribution is 5.93. The number of carboxylic acid groups (broad SMARTS) is 1. The fraction of sp³-hybridized carbons (Fsp3) is 0.643. The number of fused-ring (bicyclic) bond motifs is 1. The summed E-state index contributed by atoms with van der Waals surface area (Å²) in [6, 6.07) is 1.21. The Kier molecular flexibility index (Phi) is 3.67. The minimum Gasteiger partial charge on any atom is -0.480 e. The smallest absolute Gasteiger partial charge is 0.328 e. The summed E-state index contributed by atoms with van der Waals surface area (Å²) in [6.45, 7) is 4.98. The quantitative estimate of drug-likeness (QED) is 0.875. The van der Waals surface area contributed by atoms with Gasteiger partial charge in [-0.05, 0) is 32.4 Å². The zero-order valence-electron chi connectivity index (χ0n) is 12.1. The summed E-state index contributed by atoms with van der Waals surface area (Å²) >= 11 is 0. The highest BCUT2D eigenvalue weighted by Gasteiger charge is 2.34. The Morgan fingerprint density at radius 2 is 2.19 bits per heavy atom. The molecule has 2 unspecified atom stereocenters. The van der Waals surface area contributed by atoms with Crippen molar-refractivity contribution in [3.05, 3.63) is 18.0 Å². The van der Waals surface area contributed by atoms with Crippen LogP contribution in [0.2, 0.25) is 0 Å². The molecule has 21 heavy (non-hydrogen) atoms. The summed E-state index contributed by atoms with van der Waals surface area (Å²) in [5, 5.41) is 13.1. The van der Waals surface area contributed by atoms with Gasteiger partial charge in [-0.1, -0.05) is 0 Å². The number of hydrogen-bond acceptors (Lipinski definition) is 4. The minimum absolute atomic E-state index is 0.118. The van der Waals surface area contributed by atoms with Crippen LogP contribution in [0.25, 0.3) is 0 Å². The molecule has 1 N–H and O–H groups in total. The van der Waals surface area contributed by atoms with Crippen molar-refractivity contribution in [2.45, 2.75) is 31.8 Å². The summed E-state index contributed by atoms with van der Waals surface area (Å²) in [5.41, 5.74) is 0.358. The van der Waals surface area contributed by atoms with Crippen LogP contribution in [-0.4, -0.2) is 68.8 Å². The van der Waals surface area contributed by atoms with Crippen molar-refractivity contribution in [2.24, 2.45) is 0 Å². The van der Waals surface area contributed by atoms with E-state index in [9.17, 15) is 9.59 Å². The van der Waals surface area contributed by atoms with E-state index in [4.69, 9.17) is 5.11 Å². The van der Waals surface area contributed by atoms with Gasteiger partial charge in [-0.15, -0.1) is 0 Å². The Morgan fingerprint density at radius 3 is 2.95 bits per heavy atom. The van der Waals surface area contributed by atoms with Crippen LogP contribution < -0.4 is 0 Å². The predicted molar refractivity (Wildman–Crippen MR) is 75.1 cm³/mol. The number of carbonyl (C=O) groups excluding carboxylic acids is 1. The molecular formula is C14H20N4O3. The maximum Gasteiger partial charge on any atom is 0.328 e. The third-order valence-corrected chi connectivity index (χ3v) is 4.49. The van der Waals surface area contributed by atoms with Crippen molar-refractivity contribution in [1.82, 2.24) is 19.6 Å². The number of aromatic nitrogens is 2. The van der Waals surface area contributed by atoms with Crippen molar-refractivity contribution in [3.63, 3.8) is 0 Å². The van der Waals surface area contributed by atoms with E-state index in [0.717, 1.165) is 26.1 Å². The second-order valence-electron chi connectivity index (χ2n) is 5.76. The van der Waals surface area contributed by atoms with Crippen molar-refractivity contribution < 1.29 is 14.7 Å². The van der Waals surface area contributed by atoms with E-state index < -0.39 is 12.0 Å². The molecule has 2 atom stereocenters. The molecule has 0 aromatic carbocycles. The Balaban J connectivity index is 1.77. The van der Waals surface area contributed by atoms with E-state index >= 15 is 0 Å². The van der Waals surface area contributed by atoms with E-state index in [1.807, 2.05) is 4.90 Å². The lowest BCUT2D eigenvalue weighted by Crippen LogP contribution is -2.52. The van der Waals surface area contributed by atoms with E-state index in [1.54, 1.807) is 6.07 Å². The lowest BCUT2D eigenvalue weighted by Gasteiger charge is -2.37. The van der Waals surface area contributed by atoms with Crippen molar-refractivity contribution in [3.8, 4) is 0 Å². The zero-order chi connectivity index (χ0) is 15.0. The monoisotopic (exact) mass is 292 g/mol. The summed E-state index contributed by atoms with van der Waals surface area (Å²) < 4.78 is 1.30. The first-order chi connectivity index (χ1) is 10.1. The number of nitrogens with zero attached hydrogens (tertiary/aromatic N) is 4. The Bertz CT molecular complexity index is 556. The molecule has 3 heterocycles. The normalized spacial score (nSPS) is 23.9. The third kappa shape index (κ3) is 2.53. The largest absolute Gasteiger partial charge is 0.480 e. The average Bonchev–Trinajstić information content (AvgIpc) is 3.13. The molecule has 0 radical (unpaired) electrons. The second kappa shape index (κ2) is 5.48. The van der Waals surface area contributed by atoms with Gasteiger partial charge in [-0.3, -0.25) is 9.69 Å². The van der Waals surface area contributed by atoms with Crippen molar-refractivity contribution in [2.75, 3.05) is 26.2 Å². The van der Waals surface area contributed by atoms with Gasteiger partial charge in [0, 0.05) is 31.9 Å². The number of hydrogen-bond donors (Lipinski definition) is 1. The highest BCUT2D eigenvalue weighted by atomic mass is 16.4. The fourth-order valence-electron chi connectivity index (χ4n) is 3.23. The summed E-state index contributed by atoms with van der Waals surface area (Å²) in [7, 11) is 0. The summed E-state index contributed by atoms with van der Waals surface area (Å²) in [6.07, 6.45) is 3.81. The standard InChI is InChI=1S/C14H20N4O3/c1-10(14(20)21)18-12(4-5-15-18)13(19)17-8-7-16-6-2-3-11(16)9-17/h4-5,10-11H,2-3,6-9H2,1H3,(H,20,21). The van der Waals surface area contributed by atoms with E-state index in [2.05, 4.69) is 10.00 Å². The first-order valence-corrected chi connectivity index (χ1v) is 7.37. The zero-order valence-corrected chi connectivity index (χ0v) is 12.1. The lowest BCUT2D eigenvalue weighted by molar-refractivity contribution is -0.140. The number of carboxylic acids is 1. The SMILES string of the molecule is CC(C(=O)O)n1nccc1C(=O)N1CCN2CCCC2C1. The summed E-state index contributed by atoms with van der Waals surface area (Å²) in [4.78, 5) is 28.0. The molecule has 0 spiro atoms. The average molecular weight is 292 g/mol. The van der Waals surface area contributed by atoms with Crippen LogP contribution in [-0.2, 0) is 4.79 Å². The van der Waals surface area contributed by atoms with Gasteiger partial charge in [0.05, 0.1) is 0 Å². The maximum atomic E-state index is 12.7. The van der Waals surface area contributed by atoms with Gasteiger partial charge in [-0.25, -0.2) is 9.48 Å². The van der Waals surface area contributed by atoms with Gasteiger partial charge in [0.2, 0.25) is 0 Å². The number of amides is 1. The van der Waals surface area contributed by atoms with E-state index in [1.165, 1.54) is 24.2 Å². The molecule has 2 saturated heterocycles. The highest BCUT2D eigenvalue weighted by Crippen LogP contribution is 2.23. The number of rotatable bonds is 3. The molecule has 7 heteroatoms. The number of aliphatic carboxylic acids is 1. The molecule has 7 nitrogen and oxygen atoms in total. The second-order valence-corrected chi connectivity index (χ2v) is 5.76. The van der Waals surface area contributed by atoms with Gasteiger partial charge < -0.3 is 10.0 Å². The first-order valence-electron chi connectivity index (χ1n) is 7.37. The minimum atomic E-state index is -0.992. The Morgan fingerprint density at radius 1 is 1.38 bits per heavy atom. The van der Waals surface area contributed by atoms with Gasteiger partial charge in [-0.2, -0.15) is 5.10 Å². The molecule has 1 aromatic heterocycles. The molecule has 2 fully saturated rings. The fourth-order valence-corrected chi connectivity index (χ4v) is 3.23. The molecule has 0 bridgehead atoms. The van der Waals surface area contributed by atoms with Crippen LogP contribution >= 0.6 is 0 Å². The molecule has 1 aromatic rings. The van der Waals surface area contributed by atoms with Gasteiger partial charge in [0.25, 0.3) is 5.91 Å².